The highest BCUT2D eigenvalue weighted by Gasteiger charge is 2.55. The van der Waals surface area contributed by atoms with Gasteiger partial charge in [-0.2, -0.15) is 0 Å². The monoisotopic (exact) mass is 247 g/mol. The molecule has 2 aliphatic rings. The normalized spacial score (nSPS) is 38.7. The zero-order valence-electron chi connectivity index (χ0n) is 11.1. The molecule has 18 heavy (non-hydrogen) atoms. The van der Waals surface area contributed by atoms with E-state index in [0.717, 1.165) is 0 Å². The van der Waals surface area contributed by atoms with Crippen LogP contribution in [0.15, 0.2) is 11.8 Å². The van der Waals surface area contributed by atoms with Gasteiger partial charge in [-0.15, -0.1) is 0 Å². The van der Waals surface area contributed by atoms with Crippen molar-refractivity contribution in [2.75, 3.05) is 0 Å². The number of hydrogen-bond donors (Lipinski definition) is 0. The van der Waals surface area contributed by atoms with E-state index in [9.17, 15) is 9.59 Å². The molecule has 0 bridgehead atoms. The number of Topliss-reactive ketones (excluding diaryl/α,β-unsaturated/α-hetero) is 2. The summed E-state index contributed by atoms with van der Waals surface area (Å²) in [6.07, 6.45) is 1.13. The van der Waals surface area contributed by atoms with Gasteiger partial charge in [0.05, 0.1) is 12.7 Å². The molecule has 4 heteroatoms. The summed E-state index contributed by atoms with van der Waals surface area (Å²) in [5.74, 6) is -0.166. The molecule has 0 aromatic rings. The predicted octanol–water partition coefficient (Wildman–Crippen LogP) is 2.15. The Morgan fingerprint density at radius 1 is 1.39 bits per heavy atom. The van der Waals surface area contributed by atoms with Crippen LogP contribution in [0.1, 0.15) is 34.1 Å². The Morgan fingerprint density at radius 2 is 2.00 bits per heavy atom. The Morgan fingerprint density at radius 3 is 2.56 bits per heavy atom. The average Bonchev–Trinajstić information content (AvgIpc) is 2.28. The molecule has 0 spiro atoms. The van der Waals surface area contributed by atoms with Crippen LogP contribution in [0.4, 0.5) is 0 Å². The van der Waals surface area contributed by atoms with Crippen molar-refractivity contribution < 1.29 is 14.3 Å². The van der Waals surface area contributed by atoms with E-state index in [2.05, 4.69) is 4.85 Å². The highest BCUT2D eigenvalue weighted by Crippen LogP contribution is 2.49. The first-order chi connectivity index (χ1) is 8.22. The highest BCUT2D eigenvalue weighted by molar-refractivity contribution is 6.03. The summed E-state index contributed by atoms with van der Waals surface area (Å²) in [5, 5.41) is 0. The fourth-order valence-corrected chi connectivity index (χ4v) is 3.08. The minimum Gasteiger partial charge on any atom is -0.366 e. The quantitative estimate of drug-likeness (QED) is 0.616. The van der Waals surface area contributed by atoms with Crippen LogP contribution >= 0.6 is 0 Å². The molecule has 2 rings (SSSR count). The van der Waals surface area contributed by atoms with E-state index in [0.29, 0.717) is 6.42 Å². The Bertz CT molecular complexity index is 498. The second-order valence-electron chi connectivity index (χ2n) is 6.00. The molecule has 0 N–H and O–H groups in total. The molecule has 1 aliphatic carbocycles. The number of carbonyl (C=O) groups excluding carboxylic acids is 2. The lowest BCUT2D eigenvalue weighted by Crippen LogP contribution is -2.57. The van der Waals surface area contributed by atoms with Crippen molar-refractivity contribution in [2.24, 2.45) is 10.8 Å². The molecular formula is C14H17NO3. The fraction of sp³-hybridized carbons (Fsp3) is 0.643. The number of fused-ring (bicyclic) bond motifs is 1. The standard InChI is InChI=1S/C14H17NO3/c1-8-10(16)7-14(4)6-9(15-5)11(17)13(2,3)12(14)18-8/h6,8,12H,7H2,1-4H3/t8-,12+,14-/m1/s1. The molecule has 96 valence electrons. The number of hydrogen-bond acceptors (Lipinski definition) is 3. The Hall–Kier alpha value is -1.47. The van der Waals surface area contributed by atoms with Crippen molar-refractivity contribution in [1.29, 1.82) is 0 Å². The lowest BCUT2D eigenvalue weighted by Gasteiger charge is -2.50. The Balaban J connectivity index is 2.56. The van der Waals surface area contributed by atoms with Crippen LogP contribution in [0.3, 0.4) is 0 Å². The van der Waals surface area contributed by atoms with Crippen molar-refractivity contribution in [2.45, 2.75) is 46.3 Å². The molecule has 0 amide bonds. The average molecular weight is 247 g/mol. The van der Waals surface area contributed by atoms with Crippen molar-refractivity contribution in [3.63, 3.8) is 0 Å². The van der Waals surface area contributed by atoms with Crippen LogP contribution in [-0.4, -0.2) is 23.8 Å². The van der Waals surface area contributed by atoms with Gasteiger partial charge in [0, 0.05) is 17.3 Å². The SMILES string of the molecule is [C-]#[N+]C1=C[C@]2(C)CC(=O)[C@@H](C)O[C@H]2C(C)(C)C1=O. The number of ether oxygens (including phenoxy) is 1. The van der Waals surface area contributed by atoms with Gasteiger partial charge >= 0.3 is 0 Å². The minimum atomic E-state index is -0.766. The van der Waals surface area contributed by atoms with E-state index in [1.165, 1.54) is 0 Å². The first-order valence-corrected chi connectivity index (χ1v) is 6.05. The molecule has 0 radical (unpaired) electrons. The van der Waals surface area contributed by atoms with Crippen molar-refractivity contribution in [3.8, 4) is 0 Å². The molecule has 0 unspecified atom stereocenters. The lowest BCUT2D eigenvalue weighted by molar-refractivity contribution is -0.176. The second kappa shape index (κ2) is 3.76. The van der Waals surface area contributed by atoms with Crippen LogP contribution in [0, 0.1) is 17.4 Å². The number of carbonyl (C=O) groups is 2. The molecule has 3 atom stereocenters. The Kier molecular flexibility index (Phi) is 2.71. The first kappa shape index (κ1) is 13.0. The zero-order chi connectivity index (χ0) is 13.7. The maximum absolute atomic E-state index is 12.2. The molecule has 0 saturated carbocycles. The fourth-order valence-electron chi connectivity index (χ4n) is 3.08. The van der Waals surface area contributed by atoms with E-state index in [4.69, 9.17) is 11.3 Å². The number of ketones is 2. The molecule has 1 heterocycles. The molecule has 1 saturated heterocycles. The van der Waals surface area contributed by atoms with Gasteiger partial charge in [0.2, 0.25) is 5.70 Å². The minimum absolute atomic E-state index is 0.0273. The maximum Gasteiger partial charge on any atom is 0.226 e. The third-order valence-electron chi connectivity index (χ3n) is 4.01. The van der Waals surface area contributed by atoms with Crippen LogP contribution < -0.4 is 0 Å². The molecule has 1 aliphatic heterocycles. The van der Waals surface area contributed by atoms with E-state index >= 15 is 0 Å². The maximum atomic E-state index is 12.2. The van der Waals surface area contributed by atoms with E-state index < -0.39 is 16.9 Å². The zero-order valence-corrected chi connectivity index (χ0v) is 11.1. The number of allylic oxidation sites excluding steroid dienone is 1. The summed E-state index contributed by atoms with van der Waals surface area (Å²) in [5.41, 5.74) is -1.19. The molecule has 4 nitrogen and oxygen atoms in total. The van der Waals surface area contributed by atoms with Crippen molar-refractivity contribution in [1.82, 2.24) is 0 Å². The number of rotatable bonds is 0. The predicted molar refractivity (Wildman–Crippen MR) is 65.5 cm³/mol. The molecule has 0 aromatic carbocycles. The van der Waals surface area contributed by atoms with E-state index in [1.807, 2.05) is 6.92 Å². The Labute approximate surface area is 107 Å². The van der Waals surface area contributed by atoms with Crippen LogP contribution in [0.2, 0.25) is 0 Å². The molecule has 0 aromatic heterocycles. The smallest absolute Gasteiger partial charge is 0.226 e. The van der Waals surface area contributed by atoms with Crippen LogP contribution in [0.25, 0.3) is 4.85 Å². The van der Waals surface area contributed by atoms with Crippen molar-refractivity contribution >= 4 is 11.6 Å². The van der Waals surface area contributed by atoms with Crippen LogP contribution in [0.5, 0.6) is 0 Å². The van der Waals surface area contributed by atoms with E-state index in [-0.39, 0.29) is 23.4 Å². The van der Waals surface area contributed by atoms with Crippen LogP contribution in [-0.2, 0) is 14.3 Å². The van der Waals surface area contributed by atoms with Gasteiger partial charge in [-0.25, -0.2) is 4.85 Å². The second-order valence-corrected chi connectivity index (χ2v) is 6.00. The van der Waals surface area contributed by atoms with Gasteiger partial charge in [-0.1, -0.05) is 26.8 Å². The number of nitrogens with zero attached hydrogens (tertiary/aromatic N) is 1. The van der Waals surface area contributed by atoms with Gasteiger partial charge < -0.3 is 9.53 Å². The highest BCUT2D eigenvalue weighted by atomic mass is 16.5. The topological polar surface area (TPSA) is 47.7 Å². The van der Waals surface area contributed by atoms with Gasteiger partial charge in [-0.05, 0) is 6.92 Å². The van der Waals surface area contributed by atoms with Crippen molar-refractivity contribution in [3.05, 3.63) is 23.2 Å². The first-order valence-electron chi connectivity index (χ1n) is 6.05. The summed E-state index contributed by atoms with van der Waals surface area (Å²) >= 11 is 0. The third kappa shape index (κ3) is 1.62. The van der Waals surface area contributed by atoms with E-state index in [1.54, 1.807) is 26.8 Å². The third-order valence-corrected chi connectivity index (χ3v) is 4.01. The summed E-state index contributed by atoms with van der Waals surface area (Å²) in [7, 11) is 0. The summed E-state index contributed by atoms with van der Waals surface area (Å²) in [6, 6.07) is 0. The summed E-state index contributed by atoms with van der Waals surface area (Å²) < 4.78 is 5.77. The van der Waals surface area contributed by atoms with Gasteiger partial charge in [0.1, 0.15) is 6.10 Å². The largest absolute Gasteiger partial charge is 0.366 e. The molecular weight excluding hydrogens is 230 g/mol. The van der Waals surface area contributed by atoms with Gasteiger partial charge in [-0.3, -0.25) is 4.79 Å². The van der Waals surface area contributed by atoms with Gasteiger partial charge in [0.15, 0.2) is 11.6 Å². The summed E-state index contributed by atoms with van der Waals surface area (Å²) in [4.78, 5) is 27.3. The molecule has 1 fully saturated rings. The summed E-state index contributed by atoms with van der Waals surface area (Å²) in [6.45, 7) is 14.3. The lowest BCUT2D eigenvalue weighted by atomic mass is 9.61. The van der Waals surface area contributed by atoms with Gasteiger partial charge in [0.25, 0.3) is 0 Å².